The van der Waals surface area contributed by atoms with E-state index in [-0.39, 0.29) is 6.09 Å². The first-order valence-corrected chi connectivity index (χ1v) is 13.3. The van der Waals surface area contributed by atoms with Gasteiger partial charge in [-0.05, 0) is 64.5 Å². The Balaban J connectivity index is 1.27. The van der Waals surface area contributed by atoms with E-state index in [1.165, 1.54) is 0 Å². The molecule has 0 N–H and O–H groups in total. The van der Waals surface area contributed by atoms with Gasteiger partial charge in [0, 0.05) is 39.3 Å². The highest BCUT2D eigenvalue weighted by molar-refractivity contribution is 6.35. The maximum Gasteiger partial charge on any atom is 0.410 e. The first-order valence-electron chi connectivity index (χ1n) is 13.3. The first-order chi connectivity index (χ1) is 17.7. The standard InChI is InChI=1S/C28H40N4O5/c1-28(2,3)37-27(35)32-17-13-22(14-18-32)8-5-6-15-30-19-20-31(26(34)25(30)33)16-7-21-36-24-11-9-23(29-4)10-12-24/h9-12,22H,5-8,13-21H2,1-3H3. The Labute approximate surface area is 220 Å². The molecule has 0 aromatic heterocycles. The number of carbonyl (C=O) groups excluding carboxylic acids is 3. The second kappa shape index (κ2) is 13.3. The van der Waals surface area contributed by atoms with Crippen molar-refractivity contribution >= 4 is 23.6 Å². The molecule has 2 aliphatic heterocycles. The van der Waals surface area contributed by atoms with E-state index in [1.54, 1.807) is 39.0 Å². The number of ether oxygens (including phenoxy) is 2. The molecule has 0 radical (unpaired) electrons. The van der Waals surface area contributed by atoms with Gasteiger partial charge in [0.05, 0.1) is 13.2 Å². The lowest BCUT2D eigenvalue weighted by Gasteiger charge is -2.34. The predicted octanol–water partition coefficient (Wildman–Crippen LogP) is 4.49. The van der Waals surface area contributed by atoms with Gasteiger partial charge in [0.15, 0.2) is 5.69 Å². The van der Waals surface area contributed by atoms with Crippen molar-refractivity contribution in [3.63, 3.8) is 0 Å². The molecule has 0 bridgehead atoms. The smallest absolute Gasteiger partial charge is 0.410 e. The molecule has 2 aliphatic rings. The van der Waals surface area contributed by atoms with Gasteiger partial charge in [0.25, 0.3) is 0 Å². The van der Waals surface area contributed by atoms with Gasteiger partial charge in [0.1, 0.15) is 11.4 Å². The Kier molecular flexibility index (Phi) is 10.2. The lowest BCUT2D eigenvalue weighted by atomic mass is 9.91. The average Bonchev–Trinajstić information content (AvgIpc) is 2.87. The van der Waals surface area contributed by atoms with Crippen molar-refractivity contribution in [1.82, 2.24) is 14.7 Å². The van der Waals surface area contributed by atoms with Crippen LogP contribution in [0.4, 0.5) is 10.5 Å². The number of nitrogens with zero attached hydrogens (tertiary/aromatic N) is 4. The van der Waals surface area contributed by atoms with Gasteiger partial charge in [-0.1, -0.05) is 25.0 Å². The minimum Gasteiger partial charge on any atom is -0.494 e. The monoisotopic (exact) mass is 512 g/mol. The number of piperazine rings is 1. The Morgan fingerprint density at radius 1 is 0.946 bits per heavy atom. The molecule has 2 fully saturated rings. The van der Waals surface area contributed by atoms with Gasteiger partial charge in [-0.25, -0.2) is 9.64 Å². The molecule has 3 rings (SSSR count). The number of hydrogen-bond acceptors (Lipinski definition) is 5. The molecule has 1 aromatic carbocycles. The topological polar surface area (TPSA) is 83.8 Å². The van der Waals surface area contributed by atoms with Crippen LogP contribution in [-0.4, -0.2) is 84.1 Å². The zero-order valence-corrected chi connectivity index (χ0v) is 22.4. The van der Waals surface area contributed by atoms with E-state index >= 15 is 0 Å². The number of likely N-dealkylation sites (tertiary alicyclic amines) is 1. The van der Waals surface area contributed by atoms with Crippen molar-refractivity contribution in [3.05, 3.63) is 35.7 Å². The second-order valence-electron chi connectivity index (χ2n) is 10.8. The summed E-state index contributed by atoms with van der Waals surface area (Å²) in [6.07, 6.45) is 5.32. The fraction of sp³-hybridized carbons (Fsp3) is 0.643. The molecular formula is C28H40N4O5. The zero-order chi connectivity index (χ0) is 26.8. The highest BCUT2D eigenvalue weighted by atomic mass is 16.6. The lowest BCUT2D eigenvalue weighted by molar-refractivity contribution is -0.156. The van der Waals surface area contributed by atoms with E-state index in [2.05, 4.69) is 4.85 Å². The number of rotatable bonds is 10. The van der Waals surface area contributed by atoms with Gasteiger partial charge in [-0.15, -0.1) is 0 Å². The maximum atomic E-state index is 12.6. The molecule has 0 unspecified atom stereocenters. The maximum absolute atomic E-state index is 12.6. The summed E-state index contributed by atoms with van der Waals surface area (Å²) in [4.78, 5) is 45.8. The molecule has 202 valence electrons. The number of unbranched alkanes of at least 4 members (excludes halogenated alkanes) is 1. The van der Waals surface area contributed by atoms with Crippen LogP contribution in [0.15, 0.2) is 24.3 Å². The number of amides is 3. The van der Waals surface area contributed by atoms with Gasteiger partial charge in [0.2, 0.25) is 0 Å². The fourth-order valence-corrected chi connectivity index (χ4v) is 4.67. The first kappa shape index (κ1) is 28.3. The summed E-state index contributed by atoms with van der Waals surface area (Å²) in [6.45, 7) is 16.7. The van der Waals surface area contributed by atoms with Gasteiger partial charge in [-0.2, -0.15) is 0 Å². The normalized spacial score (nSPS) is 17.1. The van der Waals surface area contributed by atoms with E-state index in [0.717, 1.165) is 45.2 Å². The second-order valence-corrected chi connectivity index (χ2v) is 10.8. The lowest BCUT2D eigenvalue weighted by Crippen LogP contribution is -2.54. The Hall–Kier alpha value is -3.28. The van der Waals surface area contributed by atoms with Crippen LogP contribution >= 0.6 is 0 Å². The zero-order valence-electron chi connectivity index (χ0n) is 22.4. The van der Waals surface area contributed by atoms with Crippen LogP contribution in [0.1, 0.15) is 59.3 Å². The summed E-state index contributed by atoms with van der Waals surface area (Å²) in [5.74, 6) is 0.434. The number of hydrogen-bond donors (Lipinski definition) is 0. The highest BCUT2D eigenvalue weighted by Crippen LogP contribution is 2.24. The molecule has 37 heavy (non-hydrogen) atoms. The van der Waals surface area contributed by atoms with Crippen molar-refractivity contribution in [2.24, 2.45) is 5.92 Å². The summed E-state index contributed by atoms with van der Waals surface area (Å²) < 4.78 is 11.1. The van der Waals surface area contributed by atoms with Crippen molar-refractivity contribution in [1.29, 1.82) is 0 Å². The SMILES string of the molecule is [C-]#[N+]c1ccc(OCCCN2CCN(CCCCC3CCN(C(=O)OC(C)(C)C)CC3)C(=O)C2=O)cc1. The summed E-state index contributed by atoms with van der Waals surface area (Å²) in [7, 11) is 0. The van der Waals surface area contributed by atoms with E-state index in [1.807, 2.05) is 20.8 Å². The van der Waals surface area contributed by atoms with E-state index in [9.17, 15) is 14.4 Å². The number of piperidine rings is 1. The van der Waals surface area contributed by atoms with Crippen molar-refractivity contribution in [2.45, 2.75) is 64.9 Å². The highest BCUT2D eigenvalue weighted by Gasteiger charge is 2.32. The van der Waals surface area contributed by atoms with E-state index in [4.69, 9.17) is 16.0 Å². The van der Waals surface area contributed by atoms with Crippen LogP contribution in [0.5, 0.6) is 5.75 Å². The van der Waals surface area contributed by atoms with Crippen LogP contribution < -0.4 is 4.74 Å². The van der Waals surface area contributed by atoms with E-state index in [0.29, 0.717) is 56.6 Å². The molecule has 1 aromatic rings. The molecule has 3 amide bonds. The van der Waals surface area contributed by atoms with Crippen LogP contribution in [0.3, 0.4) is 0 Å². The third-order valence-electron chi connectivity index (χ3n) is 6.76. The molecule has 0 spiro atoms. The van der Waals surface area contributed by atoms with Crippen molar-refractivity contribution in [2.75, 3.05) is 45.9 Å². The summed E-state index contributed by atoms with van der Waals surface area (Å²) in [5, 5.41) is 0. The molecule has 9 nitrogen and oxygen atoms in total. The third kappa shape index (κ3) is 8.96. The quantitative estimate of drug-likeness (QED) is 0.262. The Bertz CT molecular complexity index is 958. The van der Waals surface area contributed by atoms with Crippen LogP contribution in [0.2, 0.25) is 0 Å². The van der Waals surface area contributed by atoms with Gasteiger partial charge >= 0.3 is 17.9 Å². The van der Waals surface area contributed by atoms with Crippen molar-refractivity contribution in [3.8, 4) is 5.75 Å². The molecule has 0 saturated carbocycles. The Morgan fingerprint density at radius 3 is 2.11 bits per heavy atom. The molecular weight excluding hydrogens is 472 g/mol. The van der Waals surface area contributed by atoms with Crippen LogP contribution in [-0.2, 0) is 14.3 Å². The largest absolute Gasteiger partial charge is 0.494 e. The summed E-state index contributed by atoms with van der Waals surface area (Å²) in [6, 6.07) is 6.93. The average molecular weight is 513 g/mol. The minimum absolute atomic E-state index is 0.229. The molecule has 0 atom stereocenters. The molecule has 9 heteroatoms. The number of benzene rings is 1. The number of carbonyl (C=O) groups is 3. The minimum atomic E-state index is -0.472. The van der Waals surface area contributed by atoms with Crippen LogP contribution in [0, 0.1) is 12.5 Å². The van der Waals surface area contributed by atoms with E-state index < -0.39 is 17.4 Å². The molecule has 0 aliphatic carbocycles. The summed E-state index contributed by atoms with van der Waals surface area (Å²) >= 11 is 0. The Morgan fingerprint density at radius 2 is 1.54 bits per heavy atom. The predicted molar refractivity (Wildman–Crippen MR) is 140 cm³/mol. The molecule has 2 heterocycles. The third-order valence-corrected chi connectivity index (χ3v) is 6.76. The van der Waals surface area contributed by atoms with Gasteiger partial charge in [-0.3, -0.25) is 9.59 Å². The van der Waals surface area contributed by atoms with Crippen molar-refractivity contribution < 1.29 is 23.9 Å². The summed E-state index contributed by atoms with van der Waals surface area (Å²) in [5.41, 5.74) is 0.0931. The van der Waals surface area contributed by atoms with Gasteiger partial charge < -0.3 is 24.2 Å². The fourth-order valence-electron chi connectivity index (χ4n) is 4.67. The van der Waals surface area contributed by atoms with Crippen LogP contribution in [0.25, 0.3) is 4.85 Å². The molecule has 2 saturated heterocycles.